The van der Waals surface area contributed by atoms with E-state index in [9.17, 15) is 4.39 Å². The maximum Gasteiger partial charge on any atom is 0.123 e. The van der Waals surface area contributed by atoms with Gasteiger partial charge >= 0.3 is 0 Å². The van der Waals surface area contributed by atoms with Crippen molar-refractivity contribution in [2.45, 2.75) is 32.7 Å². The zero-order valence-electron chi connectivity index (χ0n) is 17.3. The van der Waals surface area contributed by atoms with Crippen LogP contribution in [0.4, 0.5) is 4.39 Å². The monoisotopic (exact) mass is 394 g/mol. The number of hydrogen-bond donors (Lipinski definition) is 1. The summed E-state index contributed by atoms with van der Waals surface area (Å²) < 4.78 is 13.4. The molecule has 5 heteroatoms. The Morgan fingerprint density at radius 2 is 2.10 bits per heavy atom. The molecule has 0 saturated carbocycles. The van der Waals surface area contributed by atoms with Crippen LogP contribution in [0, 0.1) is 11.7 Å². The lowest BCUT2D eigenvalue weighted by Crippen LogP contribution is -2.41. The second kappa shape index (κ2) is 9.51. The molecule has 0 amide bonds. The van der Waals surface area contributed by atoms with Gasteiger partial charge in [-0.1, -0.05) is 31.2 Å². The number of aromatic nitrogens is 2. The van der Waals surface area contributed by atoms with E-state index < -0.39 is 0 Å². The minimum absolute atomic E-state index is 0.136. The number of benzene rings is 2. The van der Waals surface area contributed by atoms with Crippen LogP contribution in [0.15, 0.2) is 48.5 Å². The molecule has 0 unspecified atom stereocenters. The first kappa shape index (κ1) is 20.0. The lowest BCUT2D eigenvalue weighted by molar-refractivity contribution is 0.132. The molecule has 1 aromatic heterocycles. The molecule has 2 heterocycles. The van der Waals surface area contributed by atoms with Crippen molar-refractivity contribution < 1.29 is 4.39 Å². The maximum absolute atomic E-state index is 13.4. The Kier molecular flexibility index (Phi) is 6.57. The van der Waals surface area contributed by atoms with E-state index in [1.165, 1.54) is 18.9 Å². The fourth-order valence-electron chi connectivity index (χ4n) is 4.45. The third kappa shape index (κ3) is 5.43. The molecular weight excluding hydrogens is 363 g/mol. The molecule has 2 aromatic carbocycles. The van der Waals surface area contributed by atoms with Crippen molar-refractivity contribution in [2.75, 3.05) is 32.7 Å². The molecule has 0 radical (unpaired) electrons. The Morgan fingerprint density at radius 1 is 1.21 bits per heavy atom. The van der Waals surface area contributed by atoms with Crippen LogP contribution in [0.5, 0.6) is 0 Å². The highest BCUT2D eigenvalue weighted by Crippen LogP contribution is 2.20. The normalized spacial score (nSPS) is 18.0. The summed E-state index contributed by atoms with van der Waals surface area (Å²) in [6, 6.07) is 15.2. The minimum Gasteiger partial charge on any atom is -0.341 e. The van der Waals surface area contributed by atoms with E-state index in [1.54, 1.807) is 12.1 Å². The number of para-hydroxylation sites is 2. The van der Waals surface area contributed by atoms with Crippen LogP contribution in [-0.4, -0.2) is 52.5 Å². The molecule has 1 saturated heterocycles. The molecular formula is C24H31FN4. The van der Waals surface area contributed by atoms with E-state index in [4.69, 9.17) is 4.98 Å². The molecule has 3 aromatic rings. The fraction of sp³-hybridized carbons (Fsp3) is 0.458. The number of halogens is 1. The highest BCUT2D eigenvalue weighted by molar-refractivity contribution is 5.74. The average molecular weight is 395 g/mol. The van der Waals surface area contributed by atoms with E-state index in [1.807, 2.05) is 18.2 Å². The van der Waals surface area contributed by atoms with Crippen LogP contribution in [0.25, 0.3) is 11.0 Å². The van der Waals surface area contributed by atoms with Gasteiger partial charge in [0.1, 0.15) is 11.6 Å². The number of piperidine rings is 1. The molecule has 1 aliphatic rings. The quantitative estimate of drug-likeness (QED) is 0.612. The van der Waals surface area contributed by atoms with E-state index >= 15 is 0 Å². The van der Waals surface area contributed by atoms with Gasteiger partial charge in [0.05, 0.1) is 17.6 Å². The number of fused-ring (bicyclic) bond motifs is 1. The standard InChI is InChI=1S/C24H31FN4/c1-2-28(18-24-26-22-10-3-4-11-23(22)27-24)16-20-8-6-13-29(17-20)14-12-19-7-5-9-21(25)15-19/h3-5,7,9-11,15,20H,2,6,8,12-14,16-18H2,1H3,(H,26,27)/t20-/m0/s1. The molecule has 0 aliphatic carbocycles. The Balaban J connectivity index is 1.30. The number of nitrogens with zero attached hydrogens (tertiary/aromatic N) is 3. The van der Waals surface area contributed by atoms with E-state index in [-0.39, 0.29) is 5.82 Å². The highest BCUT2D eigenvalue weighted by Gasteiger charge is 2.22. The summed E-state index contributed by atoms with van der Waals surface area (Å²) in [4.78, 5) is 13.2. The molecule has 0 bridgehead atoms. The van der Waals surface area contributed by atoms with Gasteiger partial charge in [-0.05, 0) is 68.1 Å². The summed E-state index contributed by atoms with van der Waals surface area (Å²) >= 11 is 0. The Morgan fingerprint density at radius 3 is 2.93 bits per heavy atom. The molecule has 29 heavy (non-hydrogen) atoms. The van der Waals surface area contributed by atoms with Crippen molar-refractivity contribution in [3.63, 3.8) is 0 Å². The van der Waals surface area contributed by atoms with Crippen LogP contribution in [0.2, 0.25) is 0 Å². The summed E-state index contributed by atoms with van der Waals surface area (Å²) in [7, 11) is 0. The van der Waals surface area contributed by atoms with Crippen molar-refractivity contribution in [3.8, 4) is 0 Å². The first-order chi connectivity index (χ1) is 14.2. The van der Waals surface area contributed by atoms with Crippen LogP contribution in [0.1, 0.15) is 31.2 Å². The third-order valence-electron chi connectivity index (χ3n) is 5.98. The van der Waals surface area contributed by atoms with Gasteiger partial charge in [-0.2, -0.15) is 0 Å². The second-order valence-corrected chi connectivity index (χ2v) is 8.22. The van der Waals surface area contributed by atoms with Crippen molar-refractivity contribution in [2.24, 2.45) is 5.92 Å². The van der Waals surface area contributed by atoms with Gasteiger partial charge in [0.15, 0.2) is 0 Å². The zero-order chi connectivity index (χ0) is 20.1. The molecule has 1 fully saturated rings. The van der Waals surface area contributed by atoms with Crippen molar-refractivity contribution >= 4 is 11.0 Å². The molecule has 4 nitrogen and oxygen atoms in total. The minimum atomic E-state index is -0.136. The van der Waals surface area contributed by atoms with Gasteiger partial charge in [-0.3, -0.25) is 4.90 Å². The van der Waals surface area contributed by atoms with Gasteiger partial charge in [0.2, 0.25) is 0 Å². The fourth-order valence-corrected chi connectivity index (χ4v) is 4.45. The summed E-state index contributed by atoms with van der Waals surface area (Å²) in [5.41, 5.74) is 3.24. The lowest BCUT2D eigenvalue weighted by Gasteiger charge is -2.35. The summed E-state index contributed by atoms with van der Waals surface area (Å²) in [6.07, 6.45) is 3.45. The van der Waals surface area contributed by atoms with Crippen LogP contribution < -0.4 is 0 Å². The topological polar surface area (TPSA) is 35.2 Å². The van der Waals surface area contributed by atoms with Crippen LogP contribution >= 0.6 is 0 Å². The summed E-state index contributed by atoms with van der Waals surface area (Å²) in [5.74, 6) is 1.59. The number of nitrogens with one attached hydrogen (secondary N) is 1. The van der Waals surface area contributed by atoms with E-state index in [0.29, 0.717) is 5.92 Å². The Labute approximate surface area is 172 Å². The molecule has 0 spiro atoms. The number of H-pyrrole nitrogens is 1. The predicted octanol–water partition coefficient (Wildman–Crippen LogP) is 4.48. The van der Waals surface area contributed by atoms with E-state index in [2.05, 4.69) is 33.8 Å². The predicted molar refractivity (Wildman–Crippen MR) is 116 cm³/mol. The van der Waals surface area contributed by atoms with E-state index in [0.717, 1.165) is 68.1 Å². The summed E-state index contributed by atoms with van der Waals surface area (Å²) in [5, 5.41) is 0. The van der Waals surface area contributed by atoms with Crippen molar-refractivity contribution in [1.29, 1.82) is 0 Å². The maximum atomic E-state index is 13.4. The van der Waals surface area contributed by atoms with Gasteiger partial charge < -0.3 is 9.88 Å². The van der Waals surface area contributed by atoms with Crippen molar-refractivity contribution in [1.82, 2.24) is 19.8 Å². The number of aromatic amines is 1. The van der Waals surface area contributed by atoms with Gasteiger partial charge in [0.25, 0.3) is 0 Å². The first-order valence-corrected chi connectivity index (χ1v) is 10.8. The Bertz CT molecular complexity index is 889. The van der Waals surface area contributed by atoms with Crippen LogP contribution in [0.3, 0.4) is 0 Å². The molecule has 4 rings (SSSR count). The largest absolute Gasteiger partial charge is 0.341 e. The molecule has 1 aliphatic heterocycles. The third-order valence-corrected chi connectivity index (χ3v) is 5.98. The number of hydrogen-bond acceptors (Lipinski definition) is 3. The first-order valence-electron chi connectivity index (χ1n) is 10.8. The zero-order valence-corrected chi connectivity index (χ0v) is 17.3. The highest BCUT2D eigenvalue weighted by atomic mass is 19.1. The number of likely N-dealkylation sites (tertiary alicyclic amines) is 1. The van der Waals surface area contributed by atoms with Gasteiger partial charge in [0, 0.05) is 19.6 Å². The van der Waals surface area contributed by atoms with Crippen LogP contribution in [-0.2, 0) is 13.0 Å². The second-order valence-electron chi connectivity index (χ2n) is 8.22. The van der Waals surface area contributed by atoms with Gasteiger partial charge in [-0.15, -0.1) is 0 Å². The number of rotatable bonds is 8. The smallest absolute Gasteiger partial charge is 0.123 e. The lowest BCUT2D eigenvalue weighted by atomic mass is 9.97. The van der Waals surface area contributed by atoms with Gasteiger partial charge in [-0.25, -0.2) is 9.37 Å². The molecule has 154 valence electrons. The Hall–Kier alpha value is -2.24. The van der Waals surface area contributed by atoms with Crippen molar-refractivity contribution in [3.05, 3.63) is 65.7 Å². The summed E-state index contributed by atoms with van der Waals surface area (Å²) in [6.45, 7) is 8.52. The number of imidazole rings is 1. The SMILES string of the molecule is CCN(Cc1nc2ccccc2[nH]1)C[C@@H]1CCCN(CCc2cccc(F)c2)C1. The molecule has 1 atom stereocenters. The molecule has 1 N–H and O–H groups in total. The average Bonchev–Trinajstić information content (AvgIpc) is 3.14.